The molecule has 0 radical (unpaired) electrons. The van der Waals surface area contributed by atoms with Crippen LogP contribution >= 0.6 is 0 Å². The van der Waals surface area contributed by atoms with Gasteiger partial charge in [0.2, 0.25) is 0 Å². The van der Waals surface area contributed by atoms with Crippen molar-refractivity contribution in [2.75, 3.05) is 0 Å². The molecule has 0 aromatic heterocycles. The number of allylic oxidation sites excluding steroid dienone is 2. The monoisotopic (exact) mass is 152 g/mol. The van der Waals surface area contributed by atoms with Gasteiger partial charge in [-0.3, -0.25) is 4.79 Å². The second-order valence-electron chi connectivity index (χ2n) is 2.63. The molecular weight excluding hydrogens is 140 g/mol. The van der Waals surface area contributed by atoms with Gasteiger partial charge >= 0.3 is 0 Å². The second-order valence-corrected chi connectivity index (χ2v) is 2.63. The number of carbonyl (C=O) groups is 1. The number of hydrogen-bond acceptors (Lipinski definition) is 3. The van der Waals surface area contributed by atoms with Crippen LogP contribution in [0.25, 0.3) is 0 Å². The first-order valence-electron chi connectivity index (χ1n) is 3.71. The number of hydrogen-bond donors (Lipinski definition) is 1. The second kappa shape index (κ2) is 2.86. The SMILES string of the molecule is CCC1=C(C)C(=O)CC(N)=N1. The summed E-state index contributed by atoms with van der Waals surface area (Å²) in [7, 11) is 0. The minimum Gasteiger partial charge on any atom is -0.387 e. The third-order valence-electron chi connectivity index (χ3n) is 1.81. The maximum Gasteiger partial charge on any atom is 0.167 e. The zero-order valence-electron chi connectivity index (χ0n) is 6.85. The highest BCUT2D eigenvalue weighted by atomic mass is 16.1. The zero-order valence-corrected chi connectivity index (χ0v) is 6.85. The number of ketones is 1. The molecule has 3 heteroatoms. The highest BCUT2D eigenvalue weighted by molar-refractivity contribution is 6.10. The summed E-state index contributed by atoms with van der Waals surface area (Å²) in [5, 5.41) is 0. The first-order valence-corrected chi connectivity index (χ1v) is 3.71. The Hall–Kier alpha value is -1.12. The Labute approximate surface area is 66.0 Å². The Kier molecular flexibility index (Phi) is 2.08. The molecule has 0 saturated heterocycles. The van der Waals surface area contributed by atoms with Crippen molar-refractivity contribution >= 4 is 11.6 Å². The summed E-state index contributed by atoms with van der Waals surface area (Å²) in [6, 6.07) is 0. The molecule has 2 N–H and O–H groups in total. The fourth-order valence-corrected chi connectivity index (χ4v) is 1.10. The van der Waals surface area contributed by atoms with E-state index in [9.17, 15) is 4.79 Å². The molecule has 0 aromatic carbocycles. The van der Waals surface area contributed by atoms with E-state index in [1.54, 1.807) is 6.92 Å². The third-order valence-corrected chi connectivity index (χ3v) is 1.81. The predicted octanol–water partition coefficient (Wildman–Crippen LogP) is 1.00. The average molecular weight is 152 g/mol. The lowest BCUT2D eigenvalue weighted by Crippen LogP contribution is -2.22. The van der Waals surface area contributed by atoms with E-state index >= 15 is 0 Å². The topological polar surface area (TPSA) is 55.5 Å². The molecule has 60 valence electrons. The normalized spacial score (nSPS) is 18.7. The summed E-state index contributed by atoms with van der Waals surface area (Å²) in [4.78, 5) is 15.2. The molecule has 0 aromatic rings. The van der Waals surface area contributed by atoms with Crippen molar-refractivity contribution in [1.82, 2.24) is 0 Å². The van der Waals surface area contributed by atoms with E-state index in [1.807, 2.05) is 6.92 Å². The van der Waals surface area contributed by atoms with Gasteiger partial charge in [-0.05, 0) is 13.3 Å². The van der Waals surface area contributed by atoms with Crippen molar-refractivity contribution in [2.45, 2.75) is 26.7 Å². The number of carbonyl (C=O) groups excluding carboxylic acids is 1. The molecule has 1 aliphatic heterocycles. The molecule has 0 atom stereocenters. The van der Waals surface area contributed by atoms with E-state index in [4.69, 9.17) is 5.73 Å². The quantitative estimate of drug-likeness (QED) is 0.609. The van der Waals surface area contributed by atoms with E-state index in [-0.39, 0.29) is 12.2 Å². The van der Waals surface area contributed by atoms with Crippen LogP contribution in [0.2, 0.25) is 0 Å². The molecule has 0 saturated carbocycles. The Morgan fingerprint density at radius 1 is 1.64 bits per heavy atom. The van der Waals surface area contributed by atoms with Crippen LogP contribution in [0, 0.1) is 0 Å². The first-order chi connectivity index (χ1) is 5.15. The predicted molar refractivity (Wildman–Crippen MR) is 44.2 cm³/mol. The lowest BCUT2D eigenvalue weighted by Gasteiger charge is -2.11. The van der Waals surface area contributed by atoms with Gasteiger partial charge in [-0.1, -0.05) is 6.92 Å². The Balaban J connectivity index is 3.02. The Bertz CT molecular complexity index is 251. The van der Waals surface area contributed by atoms with Crippen LogP contribution in [-0.4, -0.2) is 11.6 Å². The summed E-state index contributed by atoms with van der Waals surface area (Å²) in [5.41, 5.74) is 7.05. The maximum atomic E-state index is 11.2. The van der Waals surface area contributed by atoms with Gasteiger partial charge in [0.1, 0.15) is 5.84 Å². The molecule has 0 fully saturated rings. The molecule has 11 heavy (non-hydrogen) atoms. The molecule has 1 heterocycles. The summed E-state index contributed by atoms with van der Waals surface area (Å²) in [6.07, 6.45) is 1.06. The molecule has 1 rings (SSSR count). The number of amidine groups is 1. The molecule has 1 aliphatic rings. The fourth-order valence-electron chi connectivity index (χ4n) is 1.10. The van der Waals surface area contributed by atoms with Gasteiger partial charge in [0, 0.05) is 11.3 Å². The Morgan fingerprint density at radius 3 is 2.82 bits per heavy atom. The number of aliphatic imine (C=N–C) groups is 1. The van der Waals surface area contributed by atoms with Crippen molar-refractivity contribution in [3.63, 3.8) is 0 Å². The molecular formula is C8H12N2O. The molecule has 0 aliphatic carbocycles. The van der Waals surface area contributed by atoms with Crippen molar-refractivity contribution in [1.29, 1.82) is 0 Å². The van der Waals surface area contributed by atoms with Crippen LogP contribution in [0.4, 0.5) is 0 Å². The Morgan fingerprint density at radius 2 is 2.27 bits per heavy atom. The third kappa shape index (κ3) is 1.48. The number of rotatable bonds is 1. The maximum absolute atomic E-state index is 11.2. The highest BCUT2D eigenvalue weighted by Gasteiger charge is 2.16. The molecule has 0 bridgehead atoms. The molecule has 0 unspecified atom stereocenters. The van der Waals surface area contributed by atoms with E-state index in [2.05, 4.69) is 4.99 Å². The van der Waals surface area contributed by atoms with Gasteiger partial charge in [0.15, 0.2) is 5.78 Å². The molecule has 0 spiro atoms. The van der Waals surface area contributed by atoms with Gasteiger partial charge in [-0.25, -0.2) is 4.99 Å². The van der Waals surface area contributed by atoms with Crippen LogP contribution in [0.3, 0.4) is 0 Å². The van der Waals surface area contributed by atoms with E-state index in [1.165, 1.54) is 0 Å². The van der Waals surface area contributed by atoms with Gasteiger partial charge in [-0.2, -0.15) is 0 Å². The van der Waals surface area contributed by atoms with Crippen molar-refractivity contribution in [3.05, 3.63) is 11.3 Å². The number of nitrogens with two attached hydrogens (primary N) is 1. The highest BCUT2D eigenvalue weighted by Crippen LogP contribution is 2.16. The lowest BCUT2D eigenvalue weighted by molar-refractivity contribution is -0.114. The van der Waals surface area contributed by atoms with Gasteiger partial charge in [-0.15, -0.1) is 0 Å². The minimum absolute atomic E-state index is 0.106. The lowest BCUT2D eigenvalue weighted by atomic mass is 10.0. The average Bonchev–Trinajstić information content (AvgIpc) is 1.96. The van der Waals surface area contributed by atoms with E-state index in [0.717, 1.165) is 17.7 Å². The fraction of sp³-hybridized carbons (Fsp3) is 0.500. The molecule has 0 amide bonds. The van der Waals surface area contributed by atoms with Crippen LogP contribution in [0.1, 0.15) is 26.7 Å². The smallest absolute Gasteiger partial charge is 0.167 e. The van der Waals surface area contributed by atoms with Gasteiger partial charge in [0.25, 0.3) is 0 Å². The summed E-state index contributed by atoms with van der Waals surface area (Å²) < 4.78 is 0. The number of nitrogens with zero attached hydrogens (tertiary/aromatic N) is 1. The van der Waals surface area contributed by atoms with Crippen molar-refractivity contribution in [3.8, 4) is 0 Å². The summed E-state index contributed by atoms with van der Waals surface area (Å²) in [5.74, 6) is 0.548. The van der Waals surface area contributed by atoms with Gasteiger partial charge < -0.3 is 5.73 Å². The first kappa shape index (κ1) is 7.98. The van der Waals surface area contributed by atoms with Gasteiger partial charge in [0.05, 0.1) is 6.42 Å². The van der Waals surface area contributed by atoms with Crippen molar-refractivity contribution < 1.29 is 4.79 Å². The standard InChI is InChI=1S/C8H12N2O/c1-3-6-5(2)7(11)4-8(9)10-6/h3-4H2,1-2H3,(H2,9,10). The van der Waals surface area contributed by atoms with Crippen LogP contribution in [0.5, 0.6) is 0 Å². The van der Waals surface area contributed by atoms with E-state index in [0.29, 0.717) is 5.84 Å². The van der Waals surface area contributed by atoms with E-state index < -0.39 is 0 Å². The van der Waals surface area contributed by atoms with Crippen molar-refractivity contribution in [2.24, 2.45) is 10.7 Å². The summed E-state index contributed by atoms with van der Waals surface area (Å²) in [6.45, 7) is 3.77. The summed E-state index contributed by atoms with van der Waals surface area (Å²) >= 11 is 0. The zero-order chi connectivity index (χ0) is 8.43. The number of Topliss-reactive ketones (excluding diaryl/α,β-unsaturated/α-hetero) is 1. The largest absolute Gasteiger partial charge is 0.387 e. The van der Waals surface area contributed by atoms with Crippen LogP contribution in [-0.2, 0) is 4.79 Å². The van der Waals surface area contributed by atoms with Crippen LogP contribution < -0.4 is 5.73 Å². The minimum atomic E-state index is 0.106. The molecule has 3 nitrogen and oxygen atoms in total. The van der Waals surface area contributed by atoms with Crippen LogP contribution in [0.15, 0.2) is 16.3 Å².